The van der Waals surface area contributed by atoms with Gasteiger partial charge in [-0.15, -0.1) is 0 Å². The third-order valence-electron chi connectivity index (χ3n) is 3.24. The lowest BCUT2D eigenvalue weighted by Gasteiger charge is -2.12. The third-order valence-corrected chi connectivity index (χ3v) is 3.24. The minimum absolute atomic E-state index is 0.153. The van der Waals surface area contributed by atoms with Gasteiger partial charge < -0.3 is 10.1 Å². The Balaban J connectivity index is 2.20. The van der Waals surface area contributed by atoms with Gasteiger partial charge in [-0.1, -0.05) is 38.1 Å². The van der Waals surface area contributed by atoms with E-state index in [2.05, 4.69) is 25.2 Å². The second kappa shape index (κ2) is 6.93. The maximum absolute atomic E-state index is 12.4. The largest absolute Gasteiger partial charge is 0.493 e. The molecule has 0 aliphatic rings. The van der Waals surface area contributed by atoms with Crippen molar-refractivity contribution in [2.45, 2.75) is 26.7 Å². The maximum Gasteiger partial charge on any atom is 0.259 e. The van der Waals surface area contributed by atoms with Crippen LogP contribution in [0.2, 0.25) is 0 Å². The van der Waals surface area contributed by atoms with Crippen LogP contribution in [0.5, 0.6) is 5.75 Å². The molecule has 1 amide bonds. The van der Waals surface area contributed by atoms with Crippen LogP contribution in [0.3, 0.4) is 0 Å². The number of anilines is 1. The first-order valence-corrected chi connectivity index (χ1v) is 7.25. The molecule has 2 aromatic rings. The fourth-order valence-corrected chi connectivity index (χ4v) is 2.11. The summed E-state index contributed by atoms with van der Waals surface area (Å²) in [6.45, 7) is 6.70. The van der Waals surface area contributed by atoms with Crippen molar-refractivity contribution < 1.29 is 9.53 Å². The number of carbonyl (C=O) groups is 1. The molecule has 1 N–H and O–H groups in total. The van der Waals surface area contributed by atoms with E-state index in [9.17, 15) is 4.79 Å². The Morgan fingerprint density at radius 3 is 2.62 bits per heavy atom. The van der Waals surface area contributed by atoms with Crippen LogP contribution in [0.1, 0.15) is 42.6 Å². The van der Waals surface area contributed by atoms with Gasteiger partial charge in [0, 0.05) is 5.69 Å². The lowest BCUT2D eigenvalue weighted by atomic mass is 10.0. The smallest absolute Gasteiger partial charge is 0.259 e. The molecule has 0 saturated heterocycles. The number of carbonyl (C=O) groups excluding carboxylic acids is 1. The molecule has 0 atom stereocenters. The van der Waals surface area contributed by atoms with Crippen molar-refractivity contribution in [3.05, 3.63) is 59.7 Å². The lowest BCUT2D eigenvalue weighted by molar-refractivity contribution is 0.102. The fraction of sp³-hybridized carbons (Fsp3) is 0.278. The van der Waals surface area contributed by atoms with Crippen LogP contribution in [0.15, 0.2) is 48.5 Å². The van der Waals surface area contributed by atoms with Crippen molar-refractivity contribution in [2.24, 2.45) is 0 Å². The molecule has 0 aromatic heterocycles. The quantitative estimate of drug-likeness (QED) is 0.879. The van der Waals surface area contributed by atoms with E-state index in [0.29, 0.717) is 23.8 Å². The first-order chi connectivity index (χ1) is 10.1. The van der Waals surface area contributed by atoms with Crippen molar-refractivity contribution >= 4 is 11.6 Å². The number of amides is 1. The van der Waals surface area contributed by atoms with Crippen LogP contribution in [-0.2, 0) is 0 Å². The van der Waals surface area contributed by atoms with E-state index in [4.69, 9.17) is 4.74 Å². The Labute approximate surface area is 126 Å². The van der Waals surface area contributed by atoms with E-state index in [-0.39, 0.29) is 5.91 Å². The van der Waals surface area contributed by atoms with E-state index >= 15 is 0 Å². The van der Waals surface area contributed by atoms with Gasteiger partial charge in [0.1, 0.15) is 5.75 Å². The molecule has 0 saturated carbocycles. The third kappa shape index (κ3) is 3.85. The molecule has 0 spiro atoms. The van der Waals surface area contributed by atoms with Gasteiger partial charge in [0.05, 0.1) is 12.2 Å². The Morgan fingerprint density at radius 1 is 1.14 bits per heavy atom. The predicted molar refractivity (Wildman–Crippen MR) is 86.1 cm³/mol. The monoisotopic (exact) mass is 283 g/mol. The summed E-state index contributed by atoms with van der Waals surface area (Å²) in [6, 6.07) is 15.2. The molecule has 0 radical (unpaired) electrons. The SMILES string of the molecule is CCOc1ccccc1C(=O)Nc1cccc(C(C)C)c1. The Bertz CT molecular complexity index is 620. The predicted octanol–water partition coefficient (Wildman–Crippen LogP) is 4.46. The number of nitrogens with one attached hydrogen (secondary N) is 1. The number of ether oxygens (including phenoxy) is 1. The highest BCUT2D eigenvalue weighted by Gasteiger charge is 2.12. The number of hydrogen-bond acceptors (Lipinski definition) is 2. The first-order valence-electron chi connectivity index (χ1n) is 7.25. The second-order valence-corrected chi connectivity index (χ2v) is 5.16. The van der Waals surface area contributed by atoms with Crippen LogP contribution in [0.25, 0.3) is 0 Å². The van der Waals surface area contributed by atoms with Crippen LogP contribution in [-0.4, -0.2) is 12.5 Å². The van der Waals surface area contributed by atoms with Gasteiger partial charge in [-0.2, -0.15) is 0 Å². The number of hydrogen-bond donors (Lipinski definition) is 1. The zero-order valence-corrected chi connectivity index (χ0v) is 12.7. The van der Waals surface area contributed by atoms with Gasteiger partial charge in [0.25, 0.3) is 5.91 Å². The highest BCUT2D eigenvalue weighted by molar-refractivity contribution is 6.06. The Morgan fingerprint density at radius 2 is 1.90 bits per heavy atom. The molecule has 2 aromatic carbocycles. The van der Waals surface area contributed by atoms with Gasteiger partial charge >= 0.3 is 0 Å². The summed E-state index contributed by atoms with van der Waals surface area (Å²) >= 11 is 0. The molecule has 0 bridgehead atoms. The molecule has 2 rings (SSSR count). The molecule has 0 aliphatic carbocycles. The topological polar surface area (TPSA) is 38.3 Å². The summed E-state index contributed by atoms with van der Waals surface area (Å²) in [7, 11) is 0. The maximum atomic E-state index is 12.4. The average Bonchev–Trinajstić information content (AvgIpc) is 2.48. The van der Waals surface area contributed by atoms with Gasteiger partial charge in [0.2, 0.25) is 0 Å². The van der Waals surface area contributed by atoms with Crippen LogP contribution in [0.4, 0.5) is 5.69 Å². The van der Waals surface area contributed by atoms with Crippen molar-refractivity contribution in [3.8, 4) is 5.75 Å². The summed E-state index contributed by atoms with van der Waals surface area (Å²) in [6.07, 6.45) is 0. The van der Waals surface area contributed by atoms with Crippen molar-refractivity contribution in [3.63, 3.8) is 0 Å². The fourth-order valence-electron chi connectivity index (χ4n) is 2.11. The average molecular weight is 283 g/mol. The summed E-state index contributed by atoms with van der Waals surface area (Å²) in [4.78, 5) is 12.4. The normalized spacial score (nSPS) is 10.5. The van der Waals surface area contributed by atoms with E-state index in [1.54, 1.807) is 6.07 Å². The Hall–Kier alpha value is -2.29. The molecule has 0 heterocycles. The molecule has 3 nitrogen and oxygen atoms in total. The zero-order chi connectivity index (χ0) is 15.2. The van der Waals surface area contributed by atoms with E-state index in [0.717, 1.165) is 5.69 Å². The minimum atomic E-state index is -0.153. The van der Waals surface area contributed by atoms with Gasteiger partial charge in [0.15, 0.2) is 0 Å². The van der Waals surface area contributed by atoms with Gasteiger partial charge in [-0.3, -0.25) is 4.79 Å². The zero-order valence-electron chi connectivity index (χ0n) is 12.7. The molecule has 0 unspecified atom stereocenters. The number of rotatable bonds is 5. The summed E-state index contributed by atoms with van der Waals surface area (Å²) in [5.74, 6) is 0.884. The number of para-hydroxylation sites is 1. The summed E-state index contributed by atoms with van der Waals surface area (Å²) < 4.78 is 5.50. The molecule has 110 valence electrons. The highest BCUT2D eigenvalue weighted by atomic mass is 16.5. The van der Waals surface area contributed by atoms with Crippen LogP contribution in [0, 0.1) is 0 Å². The number of benzene rings is 2. The van der Waals surface area contributed by atoms with E-state index in [1.165, 1.54) is 5.56 Å². The molecular weight excluding hydrogens is 262 g/mol. The van der Waals surface area contributed by atoms with E-state index < -0.39 is 0 Å². The lowest BCUT2D eigenvalue weighted by Crippen LogP contribution is -2.13. The van der Waals surface area contributed by atoms with Crippen LogP contribution >= 0.6 is 0 Å². The van der Waals surface area contributed by atoms with E-state index in [1.807, 2.05) is 43.3 Å². The van der Waals surface area contributed by atoms with Crippen molar-refractivity contribution in [2.75, 3.05) is 11.9 Å². The minimum Gasteiger partial charge on any atom is -0.493 e. The molecule has 0 aliphatic heterocycles. The second-order valence-electron chi connectivity index (χ2n) is 5.16. The molecular formula is C18H21NO2. The van der Waals surface area contributed by atoms with Crippen molar-refractivity contribution in [1.82, 2.24) is 0 Å². The Kier molecular flexibility index (Phi) is 4.99. The standard InChI is InChI=1S/C18H21NO2/c1-4-21-17-11-6-5-10-16(17)18(20)19-15-9-7-8-14(12-15)13(2)3/h5-13H,4H2,1-3H3,(H,19,20). The molecule has 21 heavy (non-hydrogen) atoms. The summed E-state index contributed by atoms with van der Waals surface area (Å²) in [5, 5.41) is 2.93. The molecule has 0 fully saturated rings. The first kappa shape index (κ1) is 15.1. The van der Waals surface area contributed by atoms with Gasteiger partial charge in [-0.05, 0) is 42.7 Å². The summed E-state index contributed by atoms with van der Waals surface area (Å²) in [5.41, 5.74) is 2.55. The highest BCUT2D eigenvalue weighted by Crippen LogP contribution is 2.22. The molecule has 3 heteroatoms. The van der Waals surface area contributed by atoms with Crippen LogP contribution < -0.4 is 10.1 Å². The van der Waals surface area contributed by atoms with Crippen molar-refractivity contribution in [1.29, 1.82) is 0 Å². The van der Waals surface area contributed by atoms with Gasteiger partial charge in [-0.25, -0.2) is 0 Å².